The zero-order valence-electron chi connectivity index (χ0n) is 16.6. The van der Waals surface area contributed by atoms with Gasteiger partial charge >= 0.3 is 12.2 Å². The lowest BCUT2D eigenvalue weighted by Crippen LogP contribution is -2.37. The molecule has 2 aromatic carbocycles. The highest BCUT2D eigenvalue weighted by Gasteiger charge is 2.31. The highest BCUT2D eigenvalue weighted by atomic mass is 19.4. The molecule has 0 saturated heterocycles. The van der Waals surface area contributed by atoms with E-state index in [0.717, 1.165) is 30.5 Å². The number of halogens is 3. The fourth-order valence-electron chi connectivity index (χ4n) is 3.05. The van der Waals surface area contributed by atoms with E-state index in [2.05, 4.69) is 10.6 Å². The second kappa shape index (κ2) is 9.19. The van der Waals surface area contributed by atoms with Gasteiger partial charge in [-0.1, -0.05) is 18.2 Å². The van der Waals surface area contributed by atoms with E-state index in [1.165, 1.54) is 17.0 Å². The third-order valence-electron chi connectivity index (χ3n) is 4.81. The van der Waals surface area contributed by atoms with Crippen LogP contribution in [-0.2, 0) is 11.0 Å². The van der Waals surface area contributed by atoms with Crippen molar-refractivity contribution in [3.05, 3.63) is 59.7 Å². The molecule has 0 heterocycles. The van der Waals surface area contributed by atoms with Gasteiger partial charge in [-0.25, -0.2) is 4.79 Å². The largest absolute Gasteiger partial charge is 0.416 e. The molecule has 1 saturated carbocycles. The molecule has 0 aromatic heterocycles. The van der Waals surface area contributed by atoms with Crippen molar-refractivity contribution in [1.82, 2.24) is 5.32 Å². The van der Waals surface area contributed by atoms with Crippen molar-refractivity contribution >= 4 is 23.3 Å². The molecule has 0 unspecified atom stereocenters. The fraction of sp³-hybridized carbons (Fsp3) is 0.364. The van der Waals surface area contributed by atoms with E-state index in [0.29, 0.717) is 18.7 Å². The number of carbonyl (C=O) groups excluding carboxylic acids is 2. The number of urea groups is 1. The van der Waals surface area contributed by atoms with Gasteiger partial charge in [0, 0.05) is 30.4 Å². The van der Waals surface area contributed by atoms with Crippen LogP contribution in [-0.4, -0.2) is 25.0 Å². The van der Waals surface area contributed by atoms with Crippen molar-refractivity contribution in [2.75, 3.05) is 23.3 Å². The van der Waals surface area contributed by atoms with Crippen molar-refractivity contribution in [2.45, 2.75) is 32.4 Å². The monoisotopic (exact) mass is 419 g/mol. The number of aryl methyl sites for hydroxylation is 1. The van der Waals surface area contributed by atoms with Crippen molar-refractivity contribution in [3.8, 4) is 0 Å². The molecular formula is C22H24F3N3O2. The summed E-state index contributed by atoms with van der Waals surface area (Å²) in [6, 6.07) is 11.3. The van der Waals surface area contributed by atoms with Crippen LogP contribution in [0.4, 0.5) is 29.3 Å². The van der Waals surface area contributed by atoms with Crippen LogP contribution in [0.15, 0.2) is 48.5 Å². The molecule has 5 nitrogen and oxygen atoms in total. The summed E-state index contributed by atoms with van der Waals surface area (Å²) in [5, 5.41) is 5.54. The Morgan fingerprint density at radius 3 is 2.50 bits per heavy atom. The second-order valence-corrected chi connectivity index (χ2v) is 7.42. The summed E-state index contributed by atoms with van der Waals surface area (Å²) in [6.45, 7) is 2.38. The van der Waals surface area contributed by atoms with Gasteiger partial charge in [-0.2, -0.15) is 13.2 Å². The van der Waals surface area contributed by atoms with Gasteiger partial charge in [0.05, 0.1) is 5.56 Å². The maximum Gasteiger partial charge on any atom is 0.416 e. The van der Waals surface area contributed by atoms with Crippen LogP contribution in [0.25, 0.3) is 0 Å². The number of nitrogens with one attached hydrogen (secondary N) is 2. The smallest absolute Gasteiger partial charge is 0.356 e. The minimum absolute atomic E-state index is 0.00942. The average molecular weight is 419 g/mol. The molecular weight excluding hydrogens is 395 g/mol. The second-order valence-electron chi connectivity index (χ2n) is 7.42. The molecule has 1 aliphatic carbocycles. The van der Waals surface area contributed by atoms with E-state index in [1.807, 2.05) is 13.0 Å². The Kier molecular flexibility index (Phi) is 6.64. The van der Waals surface area contributed by atoms with E-state index >= 15 is 0 Å². The van der Waals surface area contributed by atoms with Crippen LogP contribution in [0.1, 0.15) is 30.4 Å². The standard InChI is InChI=1S/C22H24F3N3O2/c1-15-5-2-7-18(13-15)27-21(30)28(12-4-11-26-20(29)16-9-10-16)19-8-3-6-17(14-19)22(23,24)25/h2-3,5-8,13-14,16H,4,9-12H2,1H3,(H,26,29)(H,27,30). The zero-order valence-corrected chi connectivity index (χ0v) is 16.6. The molecule has 1 fully saturated rings. The topological polar surface area (TPSA) is 61.4 Å². The van der Waals surface area contributed by atoms with E-state index in [1.54, 1.807) is 18.2 Å². The number of anilines is 2. The first-order chi connectivity index (χ1) is 14.2. The molecule has 1 aliphatic rings. The molecule has 0 aliphatic heterocycles. The number of benzene rings is 2. The zero-order chi connectivity index (χ0) is 21.7. The summed E-state index contributed by atoms with van der Waals surface area (Å²) in [5.74, 6) is 0.0685. The van der Waals surface area contributed by atoms with E-state index < -0.39 is 17.8 Å². The van der Waals surface area contributed by atoms with Crippen LogP contribution in [0.5, 0.6) is 0 Å². The van der Waals surface area contributed by atoms with Crippen LogP contribution in [0, 0.1) is 12.8 Å². The average Bonchev–Trinajstić information content (AvgIpc) is 3.52. The van der Waals surface area contributed by atoms with Crippen LogP contribution < -0.4 is 15.5 Å². The summed E-state index contributed by atoms with van der Waals surface area (Å²) in [7, 11) is 0. The fourth-order valence-corrected chi connectivity index (χ4v) is 3.05. The van der Waals surface area contributed by atoms with Crippen molar-refractivity contribution in [2.24, 2.45) is 5.92 Å². The highest BCUT2D eigenvalue weighted by Crippen LogP contribution is 2.32. The lowest BCUT2D eigenvalue weighted by Gasteiger charge is -2.24. The Labute approximate surface area is 173 Å². The predicted octanol–water partition coefficient (Wildman–Crippen LogP) is 4.97. The van der Waals surface area contributed by atoms with Crippen molar-refractivity contribution in [1.29, 1.82) is 0 Å². The van der Waals surface area contributed by atoms with Gasteiger partial charge < -0.3 is 10.6 Å². The summed E-state index contributed by atoms with van der Waals surface area (Å²) < 4.78 is 39.4. The van der Waals surface area contributed by atoms with Crippen molar-refractivity contribution in [3.63, 3.8) is 0 Å². The van der Waals surface area contributed by atoms with Gasteiger partial charge in [-0.3, -0.25) is 9.69 Å². The van der Waals surface area contributed by atoms with Crippen LogP contribution in [0.2, 0.25) is 0 Å². The number of alkyl halides is 3. The Balaban J connectivity index is 1.73. The van der Waals surface area contributed by atoms with E-state index in [4.69, 9.17) is 0 Å². The number of carbonyl (C=O) groups is 2. The molecule has 160 valence electrons. The molecule has 8 heteroatoms. The quantitative estimate of drug-likeness (QED) is 0.623. The van der Waals surface area contributed by atoms with Crippen LogP contribution in [0.3, 0.4) is 0 Å². The number of amides is 3. The Morgan fingerprint density at radius 1 is 1.10 bits per heavy atom. The summed E-state index contributed by atoms with van der Waals surface area (Å²) in [5.41, 5.74) is 0.819. The molecule has 0 radical (unpaired) electrons. The Hall–Kier alpha value is -3.03. The van der Waals surface area contributed by atoms with Crippen LogP contribution >= 0.6 is 0 Å². The molecule has 3 amide bonds. The van der Waals surface area contributed by atoms with E-state index in [9.17, 15) is 22.8 Å². The van der Waals surface area contributed by atoms with Gasteiger partial charge in [-0.15, -0.1) is 0 Å². The minimum Gasteiger partial charge on any atom is -0.356 e. The first kappa shape index (κ1) is 21.7. The van der Waals surface area contributed by atoms with Gasteiger partial charge in [-0.05, 0) is 62.1 Å². The van der Waals surface area contributed by atoms with Gasteiger partial charge in [0.1, 0.15) is 0 Å². The molecule has 0 bridgehead atoms. The Morgan fingerprint density at radius 2 is 1.83 bits per heavy atom. The summed E-state index contributed by atoms with van der Waals surface area (Å²) >= 11 is 0. The maximum absolute atomic E-state index is 13.1. The third-order valence-corrected chi connectivity index (χ3v) is 4.81. The van der Waals surface area contributed by atoms with Gasteiger partial charge in [0.15, 0.2) is 0 Å². The molecule has 3 rings (SSSR count). The minimum atomic E-state index is -4.51. The van der Waals surface area contributed by atoms with Crippen molar-refractivity contribution < 1.29 is 22.8 Å². The predicted molar refractivity (Wildman–Crippen MR) is 109 cm³/mol. The molecule has 0 spiro atoms. The highest BCUT2D eigenvalue weighted by molar-refractivity contribution is 6.01. The number of rotatable bonds is 7. The molecule has 2 N–H and O–H groups in total. The summed E-state index contributed by atoms with van der Waals surface area (Å²) in [4.78, 5) is 25.9. The Bertz CT molecular complexity index is 910. The number of nitrogens with zero attached hydrogens (tertiary/aromatic N) is 1. The molecule has 2 aromatic rings. The lowest BCUT2D eigenvalue weighted by atomic mass is 10.1. The first-order valence-corrected chi connectivity index (χ1v) is 9.84. The van der Waals surface area contributed by atoms with E-state index in [-0.39, 0.29) is 24.1 Å². The maximum atomic E-state index is 13.1. The first-order valence-electron chi connectivity index (χ1n) is 9.84. The van der Waals surface area contributed by atoms with Gasteiger partial charge in [0.2, 0.25) is 5.91 Å². The third kappa shape index (κ3) is 5.98. The number of hydrogen-bond acceptors (Lipinski definition) is 2. The molecule has 0 atom stereocenters. The molecule has 30 heavy (non-hydrogen) atoms. The number of hydrogen-bond donors (Lipinski definition) is 2. The normalized spacial score (nSPS) is 13.6. The lowest BCUT2D eigenvalue weighted by molar-refractivity contribution is -0.137. The SMILES string of the molecule is Cc1cccc(NC(=O)N(CCCNC(=O)C2CC2)c2cccc(C(F)(F)F)c2)c1. The summed E-state index contributed by atoms with van der Waals surface area (Å²) in [6.07, 6.45) is -2.31. The van der Waals surface area contributed by atoms with Gasteiger partial charge in [0.25, 0.3) is 0 Å².